The Balaban J connectivity index is 1.17. The molecular formula is C54H34N4. The fourth-order valence-electron chi connectivity index (χ4n) is 9.19. The molecule has 0 saturated heterocycles. The second-order valence-corrected chi connectivity index (χ2v) is 14.9. The zero-order chi connectivity index (χ0) is 38.2. The third kappa shape index (κ3) is 4.88. The summed E-state index contributed by atoms with van der Waals surface area (Å²) in [6.07, 6.45) is 0. The van der Waals surface area contributed by atoms with Gasteiger partial charge in [0.25, 0.3) is 0 Å². The Morgan fingerprint density at radius 3 is 1.83 bits per heavy atom. The summed E-state index contributed by atoms with van der Waals surface area (Å²) in [7, 11) is 0. The van der Waals surface area contributed by atoms with Gasteiger partial charge in [-0.1, -0.05) is 170 Å². The van der Waals surface area contributed by atoms with Gasteiger partial charge in [0, 0.05) is 38.1 Å². The van der Waals surface area contributed by atoms with Crippen LogP contribution < -0.4 is 0 Å². The normalized spacial score (nSPS) is 11.8. The standard InChI is InChI=1S/C54H34N4/c1-3-16-35(17-4-1)39-21-10-13-27-46(39)57-47-28-14-11-23-42(47)43-32-30-38(34-50(43)57)41-25-15-29-48-52(41)51-40-22-8-7-18-36(40)31-33-49(51)58(48)54-55-45-26-12-9-24-44(45)53(56-54)37-19-5-2-6-20-37/h1-34H. The van der Waals surface area contributed by atoms with Crippen molar-refractivity contribution in [1.29, 1.82) is 0 Å². The molecule has 0 unspecified atom stereocenters. The Morgan fingerprint density at radius 1 is 0.328 bits per heavy atom. The highest BCUT2D eigenvalue weighted by Gasteiger charge is 2.22. The fourth-order valence-corrected chi connectivity index (χ4v) is 9.19. The first-order valence-corrected chi connectivity index (χ1v) is 19.8. The van der Waals surface area contributed by atoms with E-state index in [0.29, 0.717) is 5.95 Å². The van der Waals surface area contributed by atoms with E-state index in [0.717, 1.165) is 55.5 Å². The molecule has 12 rings (SSSR count). The van der Waals surface area contributed by atoms with E-state index in [-0.39, 0.29) is 0 Å². The van der Waals surface area contributed by atoms with Crippen LogP contribution in [0.25, 0.3) is 110 Å². The highest BCUT2D eigenvalue weighted by atomic mass is 15.2. The molecule has 9 aromatic carbocycles. The molecule has 58 heavy (non-hydrogen) atoms. The predicted molar refractivity (Wildman–Crippen MR) is 242 cm³/mol. The molecule has 3 aromatic heterocycles. The molecule has 4 nitrogen and oxygen atoms in total. The van der Waals surface area contributed by atoms with Gasteiger partial charge >= 0.3 is 0 Å². The number of rotatable bonds is 5. The molecule has 12 aromatic rings. The van der Waals surface area contributed by atoms with Crippen molar-refractivity contribution in [2.24, 2.45) is 0 Å². The highest BCUT2D eigenvalue weighted by molar-refractivity contribution is 6.25. The lowest BCUT2D eigenvalue weighted by molar-refractivity contribution is 1.01. The molecule has 0 N–H and O–H groups in total. The van der Waals surface area contributed by atoms with E-state index in [4.69, 9.17) is 9.97 Å². The smallest absolute Gasteiger partial charge is 0.235 e. The molecule has 3 heterocycles. The van der Waals surface area contributed by atoms with Crippen LogP contribution >= 0.6 is 0 Å². The summed E-state index contributed by atoms with van der Waals surface area (Å²) in [6.45, 7) is 0. The number of aromatic nitrogens is 4. The van der Waals surface area contributed by atoms with Gasteiger partial charge in [0.05, 0.1) is 39.0 Å². The van der Waals surface area contributed by atoms with E-state index in [2.05, 4.69) is 209 Å². The van der Waals surface area contributed by atoms with Gasteiger partial charge in [-0.15, -0.1) is 0 Å². The zero-order valence-corrected chi connectivity index (χ0v) is 31.4. The van der Waals surface area contributed by atoms with E-state index in [1.807, 2.05) is 6.07 Å². The van der Waals surface area contributed by atoms with Crippen LogP contribution in [0.1, 0.15) is 0 Å². The molecule has 4 heteroatoms. The number of hydrogen-bond acceptors (Lipinski definition) is 2. The summed E-state index contributed by atoms with van der Waals surface area (Å²) >= 11 is 0. The first kappa shape index (κ1) is 32.4. The zero-order valence-electron chi connectivity index (χ0n) is 31.4. The molecule has 0 bridgehead atoms. The van der Waals surface area contributed by atoms with Crippen LogP contribution in [0, 0.1) is 0 Å². The molecule has 0 aliphatic rings. The van der Waals surface area contributed by atoms with Gasteiger partial charge in [-0.25, -0.2) is 9.97 Å². The minimum atomic E-state index is 0.651. The quantitative estimate of drug-likeness (QED) is 0.176. The minimum absolute atomic E-state index is 0.651. The number of benzene rings is 9. The average Bonchev–Trinajstić information content (AvgIpc) is 3.82. The maximum absolute atomic E-state index is 5.39. The molecule has 0 aliphatic carbocycles. The van der Waals surface area contributed by atoms with E-state index in [1.165, 1.54) is 49.0 Å². The van der Waals surface area contributed by atoms with Crippen LogP contribution in [-0.2, 0) is 0 Å². The lowest BCUT2D eigenvalue weighted by Crippen LogP contribution is -2.03. The van der Waals surface area contributed by atoms with Gasteiger partial charge in [-0.05, 0) is 63.9 Å². The van der Waals surface area contributed by atoms with Crippen LogP contribution in [0.2, 0.25) is 0 Å². The van der Waals surface area contributed by atoms with Gasteiger partial charge in [-0.3, -0.25) is 4.57 Å². The maximum atomic E-state index is 5.39. The molecule has 0 saturated carbocycles. The van der Waals surface area contributed by atoms with Crippen molar-refractivity contribution in [3.05, 3.63) is 206 Å². The minimum Gasteiger partial charge on any atom is -0.309 e. The third-order valence-electron chi connectivity index (χ3n) is 11.7. The number of para-hydroxylation sites is 3. The van der Waals surface area contributed by atoms with Crippen molar-refractivity contribution >= 4 is 65.3 Å². The predicted octanol–water partition coefficient (Wildman–Crippen LogP) is 14.0. The average molecular weight is 739 g/mol. The SMILES string of the molecule is c1ccc(-c2ccccc2-n2c3ccccc3c3ccc(-c4cccc5c4c4c6ccccc6ccc4n5-c4nc(-c5ccccc5)c5ccccc5n4)cc32)cc1. The van der Waals surface area contributed by atoms with Crippen molar-refractivity contribution in [2.45, 2.75) is 0 Å². The summed E-state index contributed by atoms with van der Waals surface area (Å²) in [5.74, 6) is 0.651. The Morgan fingerprint density at radius 2 is 0.966 bits per heavy atom. The van der Waals surface area contributed by atoms with E-state index < -0.39 is 0 Å². The topological polar surface area (TPSA) is 35.6 Å². The number of fused-ring (bicyclic) bond motifs is 9. The van der Waals surface area contributed by atoms with Crippen molar-refractivity contribution in [3.8, 4) is 45.1 Å². The summed E-state index contributed by atoms with van der Waals surface area (Å²) < 4.78 is 4.72. The van der Waals surface area contributed by atoms with E-state index in [9.17, 15) is 0 Å². The molecule has 0 amide bonds. The van der Waals surface area contributed by atoms with Crippen LogP contribution in [0.15, 0.2) is 206 Å². The summed E-state index contributed by atoms with van der Waals surface area (Å²) in [4.78, 5) is 10.7. The summed E-state index contributed by atoms with van der Waals surface area (Å²) in [5.41, 5.74) is 13.2. The van der Waals surface area contributed by atoms with Crippen molar-refractivity contribution in [2.75, 3.05) is 0 Å². The molecule has 0 fully saturated rings. The van der Waals surface area contributed by atoms with Gasteiger partial charge in [0.15, 0.2) is 0 Å². The lowest BCUT2D eigenvalue weighted by Gasteiger charge is -2.14. The van der Waals surface area contributed by atoms with Crippen molar-refractivity contribution in [1.82, 2.24) is 19.1 Å². The maximum Gasteiger partial charge on any atom is 0.235 e. The van der Waals surface area contributed by atoms with Crippen LogP contribution in [0.3, 0.4) is 0 Å². The number of nitrogens with zero attached hydrogens (tertiary/aromatic N) is 4. The largest absolute Gasteiger partial charge is 0.309 e. The Labute approximate surface area is 334 Å². The van der Waals surface area contributed by atoms with Gasteiger partial charge in [-0.2, -0.15) is 0 Å². The molecular weight excluding hydrogens is 705 g/mol. The van der Waals surface area contributed by atoms with Crippen molar-refractivity contribution < 1.29 is 0 Å². The Kier molecular flexibility index (Phi) is 7.20. The molecule has 270 valence electrons. The first-order chi connectivity index (χ1) is 28.8. The monoisotopic (exact) mass is 738 g/mol. The first-order valence-electron chi connectivity index (χ1n) is 19.8. The molecule has 0 aliphatic heterocycles. The van der Waals surface area contributed by atoms with Crippen LogP contribution in [0.4, 0.5) is 0 Å². The second-order valence-electron chi connectivity index (χ2n) is 14.9. The van der Waals surface area contributed by atoms with Crippen LogP contribution in [0.5, 0.6) is 0 Å². The second kappa shape index (κ2) is 12.9. The molecule has 0 atom stereocenters. The van der Waals surface area contributed by atoms with E-state index >= 15 is 0 Å². The van der Waals surface area contributed by atoms with Crippen LogP contribution in [-0.4, -0.2) is 19.1 Å². The van der Waals surface area contributed by atoms with Gasteiger partial charge in [0.2, 0.25) is 5.95 Å². The fraction of sp³-hybridized carbons (Fsp3) is 0. The molecule has 0 spiro atoms. The molecule has 0 radical (unpaired) electrons. The number of hydrogen-bond donors (Lipinski definition) is 0. The Bertz CT molecular complexity index is 3560. The van der Waals surface area contributed by atoms with Gasteiger partial charge < -0.3 is 4.57 Å². The van der Waals surface area contributed by atoms with E-state index in [1.54, 1.807) is 0 Å². The van der Waals surface area contributed by atoms with Gasteiger partial charge in [0.1, 0.15) is 0 Å². The summed E-state index contributed by atoms with van der Waals surface area (Å²) in [5, 5.41) is 8.25. The Hall–Kier alpha value is -7.82. The lowest BCUT2D eigenvalue weighted by atomic mass is 9.96. The third-order valence-corrected chi connectivity index (χ3v) is 11.7. The summed E-state index contributed by atoms with van der Waals surface area (Å²) in [6, 6.07) is 73.8. The van der Waals surface area contributed by atoms with Crippen molar-refractivity contribution in [3.63, 3.8) is 0 Å². The highest BCUT2D eigenvalue weighted by Crippen LogP contribution is 2.44.